The van der Waals surface area contributed by atoms with Crippen LogP contribution in [-0.2, 0) is 11.3 Å². The molecule has 0 bridgehead atoms. The number of carbonyl (C=O) groups excluding carboxylic acids is 1. The van der Waals surface area contributed by atoms with E-state index in [1.807, 2.05) is 29.6 Å². The van der Waals surface area contributed by atoms with E-state index in [4.69, 9.17) is 14.3 Å². The first-order valence-corrected chi connectivity index (χ1v) is 10.4. The van der Waals surface area contributed by atoms with Crippen molar-refractivity contribution in [3.05, 3.63) is 46.5 Å². The van der Waals surface area contributed by atoms with Gasteiger partial charge in [-0.1, -0.05) is 6.07 Å². The molecule has 0 aliphatic carbocycles. The molecule has 1 atom stereocenters. The highest BCUT2D eigenvalue weighted by Gasteiger charge is 2.42. The minimum absolute atomic E-state index is 0.212. The zero-order valence-corrected chi connectivity index (χ0v) is 17.0. The summed E-state index contributed by atoms with van der Waals surface area (Å²) in [5, 5.41) is 9.10. The zero-order valence-electron chi connectivity index (χ0n) is 16.2. The standard InChI is InChI=1S/C18H22N2O2S.C2HF3O2/c21-17(16-5-2-11-23-16)20-8-3-6-18(14-20)7-9-19(13-18)12-15-4-1-10-22-15;3-2(4,5)1(6)7/h1-2,4-5,10-11H,3,6-9,12-14H2;(H,6,7). The lowest BCUT2D eigenvalue weighted by atomic mass is 9.79. The van der Waals surface area contributed by atoms with Gasteiger partial charge in [0.25, 0.3) is 5.91 Å². The quantitative estimate of drug-likeness (QED) is 0.772. The number of piperidine rings is 1. The van der Waals surface area contributed by atoms with E-state index in [0.29, 0.717) is 0 Å². The summed E-state index contributed by atoms with van der Waals surface area (Å²) in [6.07, 6.45) is 0.187. The lowest BCUT2D eigenvalue weighted by molar-refractivity contribution is -0.192. The number of hydrogen-bond acceptors (Lipinski definition) is 5. The van der Waals surface area contributed by atoms with Crippen molar-refractivity contribution in [2.45, 2.75) is 32.0 Å². The Morgan fingerprint density at radius 3 is 2.53 bits per heavy atom. The van der Waals surface area contributed by atoms with E-state index in [2.05, 4.69) is 9.80 Å². The van der Waals surface area contributed by atoms with E-state index in [0.717, 1.165) is 49.8 Å². The van der Waals surface area contributed by atoms with Crippen LogP contribution >= 0.6 is 11.3 Å². The van der Waals surface area contributed by atoms with Gasteiger partial charge in [-0.25, -0.2) is 4.79 Å². The van der Waals surface area contributed by atoms with Crippen LogP contribution in [0.3, 0.4) is 0 Å². The zero-order chi connectivity index (χ0) is 21.8. The Balaban J connectivity index is 0.000000318. The Morgan fingerprint density at radius 1 is 1.17 bits per heavy atom. The third-order valence-electron chi connectivity index (χ3n) is 5.40. The van der Waals surface area contributed by atoms with Gasteiger partial charge in [0.15, 0.2) is 0 Å². The highest BCUT2D eigenvalue weighted by molar-refractivity contribution is 7.12. The number of alkyl halides is 3. The number of aliphatic carboxylic acids is 1. The minimum atomic E-state index is -5.08. The molecule has 1 unspecified atom stereocenters. The third kappa shape index (κ3) is 5.63. The number of likely N-dealkylation sites (tertiary alicyclic amines) is 2. The third-order valence-corrected chi connectivity index (χ3v) is 6.26. The van der Waals surface area contributed by atoms with Crippen LogP contribution in [0.1, 0.15) is 34.7 Å². The first-order chi connectivity index (χ1) is 14.2. The Bertz CT molecular complexity index is 839. The number of rotatable bonds is 3. The SMILES string of the molecule is O=C(O)C(F)(F)F.O=C(c1cccs1)N1CCCC2(CCN(Cc3ccco3)C2)C1. The van der Waals surface area contributed by atoms with Gasteiger partial charge in [-0.3, -0.25) is 9.69 Å². The molecule has 0 aromatic carbocycles. The second-order valence-electron chi connectivity index (χ2n) is 7.65. The van der Waals surface area contributed by atoms with Gasteiger partial charge in [-0.2, -0.15) is 13.2 Å². The van der Waals surface area contributed by atoms with E-state index >= 15 is 0 Å². The molecule has 30 heavy (non-hydrogen) atoms. The molecule has 4 rings (SSSR count). The van der Waals surface area contributed by atoms with Crippen molar-refractivity contribution in [3.8, 4) is 0 Å². The summed E-state index contributed by atoms with van der Waals surface area (Å²) in [6, 6.07) is 7.88. The highest BCUT2D eigenvalue weighted by atomic mass is 32.1. The number of nitrogens with zero attached hydrogens (tertiary/aromatic N) is 2. The normalized spacial score (nSPS) is 22.0. The molecule has 1 N–H and O–H groups in total. The second kappa shape index (κ2) is 9.22. The number of hydrogen-bond donors (Lipinski definition) is 1. The Kier molecular flexibility index (Phi) is 6.87. The minimum Gasteiger partial charge on any atom is -0.475 e. The van der Waals surface area contributed by atoms with Crippen LogP contribution in [0.5, 0.6) is 0 Å². The summed E-state index contributed by atoms with van der Waals surface area (Å²) in [7, 11) is 0. The van der Waals surface area contributed by atoms with Crippen molar-refractivity contribution in [2.75, 3.05) is 26.2 Å². The fourth-order valence-electron chi connectivity index (χ4n) is 4.06. The summed E-state index contributed by atoms with van der Waals surface area (Å²) in [4.78, 5) is 27.0. The average Bonchev–Trinajstić information content (AvgIpc) is 3.44. The van der Waals surface area contributed by atoms with E-state index in [1.54, 1.807) is 17.6 Å². The highest BCUT2D eigenvalue weighted by Crippen LogP contribution is 2.40. The summed E-state index contributed by atoms with van der Waals surface area (Å²) in [5.41, 5.74) is 0.276. The van der Waals surface area contributed by atoms with Crippen molar-refractivity contribution in [1.29, 1.82) is 0 Å². The molecule has 164 valence electrons. The molecular formula is C20H23F3N2O4S. The summed E-state index contributed by atoms with van der Waals surface area (Å²) in [6.45, 7) is 4.85. The Morgan fingerprint density at radius 2 is 1.93 bits per heavy atom. The molecule has 10 heteroatoms. The van der Waals surface area contributed by atoms with E-state index in [9.17, 15) is 18.0 Å². The molecule has 2 aromatic heterocycles. The summed E-state index contributed by atoms with van der Waals surface area (Å²) >= 11 is 1.54. The van der Waals surface area contributed by atoms with E-state index in [1.165, 1.54) is 12.8 Å². The van der Waals surface area contributed by atoms with Crippen molar-refractivity contribution in [3.63, 3.8) is 0 Å². The fraction of sp³-hybridized carbons (Fsp3) is 0.500. The van der Waals surface area contributed by atoms with Gasteiger partial charge in [0, 0.05) is 25.0 Å². The largest absolute Gasteiger partial charge is 0.490 e. The van der Waals surface area contributed by atoms with E-state index < -0.39 is 12.1 Å². The van der Waals surface area contributed by atoms with Crippen molar-refractivity contribution in [2.24, 2.45) is 5.41 Å². The van der Waals surface area contributed by atoms with Crippen molar-refractivity contribution < 1.29 is 32.3 Å². The predicted octanol–water partition coefficient (Wildman–Crippen LogP) is 4.10. The van der Waals surface area contributed by atoms with Crippen LogP contribution in [0, 0.1) is 5.41 Å². The number of amides is 1. The van der Waals surface area contributed by atoms with Crippen LogP contribution in [0.25, 0.3) is 0 Å². The molecule has 2 aliphatic heterocycles. The molecule has 2 fully saturated rings. The number of thiophene rings is 1. The Hall–Kier alpha value is -2.33. The van der Waals surface area contributed by atoms with E-state index in [-0.39, 0.29) is 11.3 Å². The molecule has 2 aromatic rings. The predicted molar refractivity (Wildman–Crippen MR) is 104 cm³/mol. The van der Waals surface area contributed by atoms with Gasteiger partial charge >= 0.3 is 12.1 Å². The molecular weight excluding hydrogens is 421 g/mol. The molecule has 4 heterocycles. The number of carboxylic acid groups (broad SMARTS) is 1. The summed E-state index contributed by atoms with van der Waals surface area (Å²) < 4.78 is 37.2. The van der Waals surface area contributed by atoms with Gasteiger partial charge in [-0.05, 0) is 49.4 Å². The monoisotopic (exact) mass is 444 g/mol. The first kappa shape index (κ1) is 22.4. The lowest BCUT2D eigenvalue weighted by Crippen LogP contribution is -2.47. The molecule has 6 nitrogen and oxygen atoms in total. The van der Waals surface area contributed by atoms with Crippen LogP contribution < -0.4 is 0 Å². The molecule has 0 radical (unpaired) electrons. The number of halogens is 3. The van der Waals surface area contributed by atoms with Gasteiger partial charge in [0.2, 0.25) is 0 Å². The van der Waals surface area contributed by atoms with Crippen LogP contribution in [-0.4, -0.2) is 59.1 Å². The van der Waals surface area contributed by atoms with Crippen LogP contribution in [0.4, 0.5) is 13.2 Å². The van der Waals surface area contributed by atoms with Crippen molar-refractivity contribution in [1.82, 2.24) is 9.80 Å². The molecule has 2 aliphatic rings. The molecule has 2 saturated heterocycles. The fourth-order valence-corrected chi connectivity index (χ4v) is 4.75. The van der Waals surface area contributed by atoms with Crippen LogP contribution in [0.2, 0.25) is 0 Å². The average molecular weight is 444 g/mol. The topological polar surface area (TPSA) is 74.0 Å². The second-order valence-corrected chi connectivity index (χ2v) is 8.60. The van der Waals surface area contributed by atoms with Crippen molar-refractivity contribution >= 4 is 23.2 Å². The van der Waals surface area contributed by atoms with Gasteiger partial charge in [-0.15, -0.1) is 11.3 Å². The van der Waals surface area contributed by atoms with Crippen LogP contribution in [0.15, 0.2) is 40.3 Å². The maximum absolute atomic E-state index is 12.6. The van der Waals surface area contributed by atoms with Gasteiger partial charge in [0.05, 0.1) is 17.7 Å². The first-order valence-electron chi connectivity index (χ1n) is 9.56. The molecule has 1 spiro atoms. The number of furan rings is 1. The maximum atomic E-state index is 12.6. The number of carbonyl (C=O) groups is 2. The maximum Gasteiger partial charge on any atom is 0.490 e. The van der Waals surface area contributed by atoms with Gasteiger partial charge < -0.3 is 14.4 Å². The number of carboxylic acids is 1. The summed E-state index contributed by atoms with van der Waals surface area (Å²) in [5.74, 6) is -1.51. The smallest absolute Gasteiger partial charge is 0.475 e. The Labute approximate surface area is 175 Å². The molecule has 0 saturated carbocycles. The molecule has 1 amide bonds. The lowest BCUT2D eigenvalue weighted by Gasteiger charge is -2.40. The van der Waals surface area contributed by atoms with Gasteiger partial charge in [0.1, 0.15) is 5.76 Å².